The summed E-state index contributed by atoms with van der Waals surface area (Å²) in [5.41, 5.74) is 0.601. The summed E-state index contributed by atoms with van der Waals surface area (Å²) in [4.78, 5) is 42.4. The van der Waals surface area contributed by atoms with Gasteiger partial charge in [0.25, 0.3) is 11.5 Å². The number of carbonyl (C=O) groups is 1. The van der Waals surface area contributed by atoms with Crippen molar-refractivity contribution >= 4 is 16.8 Å². The zero-order valence-corrected chi connectivity index (χ0v) is 17.5. The maximum atomic E-state index is 12.9. The number of amides is 1. The summed E-state index contributed by atoms with van der Waals surface area (Å²) >= 11 is 0. The van der Waals surface area contributed by atoms with Crippen molar-refractivity contribution in [3.05, 3.63) is 105 Å². The van der Waals surface area contributed by atoms with Crippen LogP contribution in [0.2, 0.25) is 0 Å². The Balaban J connectivity index is 1.58. The molecule has 4 aromatic rings. The lowest BCUT2D eigenvalue weighted by Crippen LogP contribution is -2.33. The minimum absolute atomic E-state index is 0.0300. The zero-order valence-electron chi connectivity index (χ0n) is 17.5. The molecule has 168 valence electrons. The molecule has 33 heavy (non-hydrogen) atoms. The van der Waals surface area contributed by atoms with Gasteiger partial charge in [-0.3, -0.25) is 9.59 Å². The van der Waals surface area contributed by atoms with E-state index >= 15 is 0 Å². The molecule has 7 nitrogen and oxygen atoms in total. The quantitative estimate of drug-likeness (QED) is 0.486. The largest absolute Gasteiger partial charge is 0.435 e. The highest BCUT2D eigenvalue weighted by Gasteiger charge is 2.16. The standard InChI is InChI=1S/C24H19F2N3O4/c1-28(14-15-7-10-18(11-8-15)33-23(25)26)21(30)16-9-12-19-20(13-16)27-24(32)29(22(19)31)17-5-3-2-4-6-17/h2-13,23H,14H2,1H3,(H,27,32). The maximum absolute atomic E-state index is 12.9. The van der Waals surface area contributed by atoms with Crippen molar-refractivity contribution in [3.8, 4) is 11.4 Å². The van der Waals surface area contributed by atoms with Gasteiger partial charge in [0.2, 0.25) is 0 Å². The Bertz CT molecular complexity index is 1410. The number of nitrogens with one attached hydrogen (secondary N) is 1. The van der Waals surface area contributed by atoms with E-state index in [0.717, 1.165) is 4.57 Å². The summed E-state index contributed by atoms with van der Waals surface area (Å²) in [6.45, 7) is -2.69. The van der Waals surface area contributed by atoms with Gasteiger partial charge in [-0.05, 0) is 48.0 Å². The molecule has 0 spiro atoms. The smallest absolute Gasteiger partial charge is 0.387 e. The number of alkyl halides is 2. The number of rotatable bonds is 6. The second-order valence-corrected chi connectivity index (χ2v) is 7.35. The van der Waals surface area contributed by atoms with Crippen molar-refractivity contribution < 1.29 is 18.3 Å². The molecule has 1 aromatic heterocycles. The van der Waals surface area contributed by atoms with E-state index in [-0.39, 0.29) is 34.7 Å². The van der Waals surface area contributed by atoms with Crippen LogP contribution in [-0.4, -0.2) is 34.0 Å². The predicted octanol–water partition coefficient (Wildman–Crippen LogP) is 3.55. The fourth-order valence-corrected chi connectivity index (χ4v) is 3.50. The predicted molar refractivity (Wildman–Crippen MR) is 119 cm³/mol. The first kappa shape index (κ1) is 21.9. The van der Waals surface area contributed by atoms with Gasteiger partial charge >= 0.3 is 12.3 Å². The molecule has 0 aliphatic carbocycles. The molecule has 0 saturated heterocycles. The van der Waals surface area contributed by atoms with Crippen molar-refractivity contribution in [1.82, 2.24) is 14.5 Å². The monoisotopic (exact) mass is 451 g/mol. The minimum atomic E-state index is -2.91. The van der Waals surface area contributed by atoms with E-state index in [9.17, 15) is 23.2 Å². The van der Waals surface area contributed by atoms with Gasteiger partial charge in [-0.1, -0.05) is 30.3 Å². The third-order valence-electron chi connectivity index (χ3n) is 5.07. The number of H-pyrrole nitrogens is 1. The molecule has 0 fully saturated rings. The van der Waals surface area contributed by atoms with Crippen molar-refractivity contribution in [2.45, 2.75) is 13.2 Å². The van der Waals surface area contributed by atoms with Gasteiger partial charge in [-0.2, -0.15) is 8.78 Å². The van der Waals surface area contributed by atoms with Crippen molar-refractivity contribution in [3.63, 3.8) is 0 Å². The second-order valence-electron chi connectivity index (χ2n) is 7.35. The molecule has 0 atom stereocenters. The number of fused-ring (bicyclic) bond motifs is 1. The van der Waals surface area contributed by atoms with Gasteiger partial charge in [0.05, 0.1) is 16.6 Å². The molecule has 3 aromatic carbocycles. The average molecular weight is 451 g/mol. The van der Waals surface area contributed by atoms with Crippen LogP contribution in [0.4, 0.5) is 8.78 Å². The highest BCUT2D eigenvalue weighted by molar-refractivity contribution is 5.97. The van der Waals surface area contributed by atoms with Crippen LogP contribution in [0.3, 0.4) is 0 Å². The van der Waals surface area contributed by atoms with Gasteiger partial charge in [0, 0.05) is 19.2 Å². The lowest BCUT2D eigenvalue weighted by Gasteiger charge is -2.18. The van der Waals surface area contributed by atoms with Gasteiger partial charge in [0.1, 0.15) is 5.75 Å². The van der Waals surface area contributed by atoms with Crippen molar-refractivity contribution in [2.75, 3.05) is 7.05 Å². The van der Waals surface area contributed by atoms with Crippen LogP contribution in [-0.2, 0) is 6.54 Å². The number of aromatic amines is 1. The van der Waals surface area contributed by atoms with E-state index in [1.54, 1.807) is 49.5 Å². The van der Waals surface area contributed by atoms with Crippen LogP contribution in [0.5, 0.6) is 5.75 Å². The summed E-state index contributed by atoms with van der Waals surface area (Å²) in [5.74, 6) is -0.305. The number of hydrogen-bond donors (Lipinski definition) is 1. The molecular weight excluding hydrogens is 432 g/mol. The second kappa shape index (κ2) is 9.07. The summed E-state index contributed by atoms with van der Waals surface area (Å²) in [6.07, 6.45) is 0. The first-order valence-electron chi connectivity index (χ1n) is 9.97. The van der Waals surface area contributed by atoms with Crippen LogP contribution in [0.15, 0.2) is 82.4 Å². The van der Waals surface area contributed by atoms with Crippen LogP contribution < -0.4 is 16.0 Å². The fraction of sp³-hybridized carbons (Fsp3) is 0.125. The molecule has 0 bridgehead atoms. The molecule has 4 rings (SSSR count). The van der Waals surface area contributed by atoms with Crippen LogP contribution >= 0.6 is 0 Å². The van der Waals surface area contributed by atoms with Crippen molar-refractivity contribution in [1.29, 1.82) is 0 Å². The number of benzene rings is 3. The van der Waals surface area contributed by atoms with Gasteiger partial charge in [-0.15, -0.1) is 0 Å². The molecule has 0 aliphatic heterocycles. The van der Waals surface area contributed by atoms with Gasteiger partial charge in [-0.25, -0.2) is 9.36 Å². The van der Waals surface area contributed by atoms with Crippen LogP contribution in [0.25, 0.3) is 16.6 Å². The number of para-hydroxylation sites is 1. The highest BCUT2D eigenvalue weighted by Crippen LogP contribution is 2.17. The number of carbonyl (C=O) groups excluding carboxylic acids is 1. The maximum Gasteiger partial charge on any atom is 0.387 e. The number of ether oxygens (including phenoxy) is 1. The van der Waals surface area contributed by atoms with E-state index in [4.69, 9.17) is 0 Å². The summed E-state index contributed by atoms with van der Waals surface area (Å²) < 4.78 is 29.9. The van der Waals surface area contributed by atoms with E-state index in [1.807, 2.05) is 0 Å². The highest BCUT2D eigenvalue weighted by atomic mass is 19.3. The number of hydrogen-bond acceptors (Lipinski definition) is 4. The molecule has 1 N–H and O–H groups in total. The first-order valence-corrected chi connectivity index (χ1v) is 9.97. The fourth-order valence-electron chi connectivity index (χ4n) is 3.50. The molecule has 1 heterocycles. The Labute approximate surface area is 186 Å². The SMILES string of the molecule is CN(Cc1ccc(OC(F)F)cc1)C(=O)c1ccc2c(=O)n(-c3ccccc3)c(=O)[nH]c2c1. The Morgan fingerprint density at radius 3 is 2.39 bits per heavy atom. The molecule has 9 heteroatoms. The van der Waals surface area contributed by atoms with Crippen LogP contribution in [0, 0.1) is 0 Å². The Morgan fingerprint density at radius 1 is 1.03 bits per heavy atom. The third kappa shape index (κ3) is 4.67. The van der Waals surface area contributed by atoms with E-state index < -0.39 is 17.9 Å². The Morgan fingerprint density at radius 2 is 1.73 bits per heavy atom. The molecular formula is C24H19F2N3O4. The third-order valence-corrected chi connectivity index (χ3v) is 5.07. The van der Waals surface area contributed by atoms with Gasteiger partial charge in [0.15, 0.2) is 0 Å². The first-order chi connectivity index (χ1) is 15.8. The molecule has 0 radical (unpaired) electrons. The normalized spacial score (nSPS) is 11.0. The lowest BCUT2D eigenvalue weighted by atomic mass is 10.1. The number of halogens is 2. The Kier molecular flexibility index (Phi) is 6.03. The minimum Gasteiger partial charge on any atom is -0.435 e. The molecule has 0 saturated carbocycles. The summed E-state index contributed by atoms with van der Waals surface area (Å²) in [5, 5.41) is 0.271. The topological polar surface area (TPSA) is 84.4 Å². The lowest BCUT2D eigenvalue weighted by molar-refractivity contribution is -0.0498. The molecule has 0 unspecified atom stereocenters. The Hall–Kier alpha value is -4.27. The summed E-state index contributed by atoms with van der Waals surface area (Å²) in [7, 11) is 1.59. The number of nitrogens with zero attached hydrogens (tertiary/aromatic N) is 2. The summed E-state index contributed by atoms with van der Waals surface area (Å²) in [6, 6.07) is 19.0. The van der Waals surface area contributed by atoms with Crippen molar-refractivity contribution in [2.24, 2.45) is 0 Å². The zero-order chi connectivity index (χ0) is 23.5. The molecule has 0 aliphatic rings. The van der Waals surface area contributed by atoms with Gasteiger partial charge < -0.3 is 14.6 Å². The van der Waals surface area contributed by atoms with E-state index in [0.29, 0.717) is 11.3 Å². The number of aromatic nitrogens is 2. The van der Waals surface area contributed by atoms with E-state index in [1.165, 1.54) is 35.2 Å². The van der Waals surface area contributed by atoms with E-state index in [2.05, 4.69) is 9.72 Å². The average Bonchev–Trinajstić information content (AvgIpc) is 2.80. The molecule has 1 amide bonds. The van der Waals surface area contributed by atoms with Crippen LogP contribution in [0.1, 0.15) is 15.9 Å².